The lowest BCUT2D eigenvalue weighted by atomic mass is 10.2. The fourth-order valence-electron chi connectivity index (χ4n) is 0.976. The third-order valence-electron chi connectivity index (χ3n) is 1.58. The maximum Gasteiger partial charge on any atom is 0.113 e. The number of rotatable bonds is 3. The summed E-state index contributed by atoms with van der Waals surface area (Å²) in [7, 11) is 0. The van der Waals surface area contributed by atoms with E-state index in [1.807, 2.05) is 12.1 Å². The molecule has 1 rings (SSSR count). The Labute approximate surface area is 70.7 Å². The number of benzene rings is 1. The molecule has 1 aromatic carbocycles. The van der Waals surface area contributed by atoms with Gasteiger partial charge in [-0.2, -0.15) is 0 Å². The average Bonchev–Trinajstić information content (AvgIpc) is 2.16. The smallest absolute Gasteiger partial charge is 0.113 e. The van der Waals surface area contributed by atoms with E-state index in [2.05, 4.69) is 0 Å². The van der Waals surface area contributed by atoms with Crippen molar-refractivity contribution in [2.75, 3.05) is 5.06 Å². The highest BCUT2D eigenvalue weighted by Crippen LogP contribution is 2.16. The largest absolute Gasteiger partial charge is 0.326 e. The molecule has 0 unspecified atom stereocenters. The molecule has 0 spiro atoms. The molecule has 4 heteroatoms. The number of nitrogens with one attached hydrogen (secondary N) is 1. The van der Waals surface area contributed by atoms with Crippen LogP contribution in [0.4, 0.5) is 5.69 Å². The number of hydroxylamine groups is 1. The molecule has 4 nitrogen and oxygen atoms in total. The van der Waals surface area contributed by atoms with E-state index in [0.29, 0.717) is 12.2 Å². The summed E-state index contributed by atoms with van der Waals surface area (Å²) in [5.74, 6) is 0. The normalized spacial score (nSPS) is 9.50. The molecule has 0 atom stereocenters. The van der Waals surface area contributed by atoms with Crippen LogP contribution in [0.2, 0.25) is 0 Å². The maximum absolute atomic E-state index is 9.18. The summed E-state index contributed by atoms with van der Waals surface area (Å²) in [4.78, 5) is 0. The molecular formula is C8H11N3O. The molecule has 0 bridgehead atoms. The fourth-order valence-corrected chi connectivity index (χ4v) is 0.976. The summed E-state index contributed by atoms with van der Waals surface area (Å²) in [6.07, 6.45) is 0.828. The Hall–Kier alpha value is -1.39. The second-order valence-corrected chi connectivity index (χ2v) is 2.31. The second-order valence-electron chi connectivity index (χ2n) is 2.31. The van der Waals surface area contributed by atoms with Gasteiger partial charge in [0.05, 0.1) is 5.69 Å². The van der Waals surface area contributed by atoms with E-state index in [4.69, 9.17) is 11.1 Å². The van der Waals surface area contributed by atoms with Crippen molar-refractivity contribution in [3.63, 3.8) is 0 Å². The summed E-state index contributed by atoms with van der Waals surface area (Å²) < 4.78 is 0. The summed E-state index contributed by atoms with van der Waals surface area (Å²) in [6.45, 7) is 0.348. The SMILES string of the molecule is N=CN(O)c1ccccc1CN. The first-order chi connectivity index (χ1) is 5.79. The molecule has 1 aromatic rings. The summed E-state index contributed by atoms with van der Waals surface area (Å²) >= 11 is 0. The minimum Gasteiger partial charge on any atom is -0.326 e. The van der Waals surface area contributed by atoms with Gasteiger partial charge in [0.1, 0.15) is 6.34 Å². The molecule has 4 N–H and O–H groups in total. The summed E-state index contributed by atoms with van der Waals surface area (Å²) in [6, 6.07) is 7.12. The number of nitrogens with zero attached hydrogens (tertiary/aromatic N) is 1. The minimum atomic E-state index is 0.348. The van der Waals surface area contributed by atoms with E-state index in [1.165, 1.54) is 0 Å². The Kier molecular flexibility index (Phi) is 2.79. The highest BCUT2D eigenvalue weighted by Gasteiger charge is 2.03. The van der Waals surface area contributed by atoms with E-state index in [9.17, 15) is 5.21 Å². The van der Waals surface area contributed by atoms with Crippen LogP contribution < -0.4 is 10.8 Å². The third-order valence-corrected chi connectivity index (χ3v) is 1.58. The highest BCUT2D eigenvalue weighted by atomic mass is 16.5. The van der Waals surface area contributed by atoms with Crippen molar-refractivity contribution < 1.29 is 5.21 Å². The zero-order valence-corrected chi connectivity index (χ0v) is 6.57. The first-order valence-electron chi connectivity index (χ1n) is 3.56. The molecule has 12 heavy (non-hydrogen) atoms. The van der Waals surface area contributed by atoms with E-state index >= 15 is 0 Å². The van der Waals surface area contributed by atoms with Crippen molar-refractivity contribution >= 4 is 12.0 Å². The van der Waals surface area contributed by atoms with Gasteiger partial charge in [-0.3, -0.25) is 10.6 Å². The van der Waals surface area contributed by atoms with E-state index in [0.717, 1.165) is 17.0 Å². The molecule has 64 valence electrons. The molecule has 0 heterocycles. The molecule has 0 aliphatic rings. The van der Waals surface area contributed by atoms with Gasteiger partial charge in [-0.1, -0.05) is 18.2 Å². The van der Waals surface area contributed by atoms with Crippen molar-refractivity contribution in [2.45, 2.75) is 6.54 Å². The molecular weight excluding hydrogens is 154 g/mol. The lowest BCUT2D eigenvalue weighted by Gasteiger charge is -2.13. The Balaban J connectivity index is 3.04. The van der Waals surface area contributed by atoms with Gasteiger partial charge in [-0.05, 0) is 11.6 Å². The van der Waals surface area contributed by atoms with Crippen molar-refractivity contribution in [3.8, 4) is 0 Å². The van der Waals surface area contributed by atoms with Crippen LogP contribution in [0.3, 0.4) is 0 Å². The van der Waals surface area contributed by atoms with Crippen molar-refractivity contribution in [3.05, 3.63) is 29.8 Å². The summed E-state index contributed by atoms with van der Waals surface area (Å²) in [5, 5.41) is 16.7. The highest BCUT2D eigenvalue weighted by molar-refractivity contribution is 5.75. The molecule has 0 aromatic heterocycles. The summed E-state index contributed by atoms with van der Waals surface area (Å²) in [5.41, 5.74) is 6.79. The Morgan fingerprint density at radius 2 is 2.17 bits per heavy atom. The minimum absolute atomic E-state index is 0.348. The molecule has 0 amide bonds. The van der Waals surface area contributed by atoms with Crippen LogP contribution in [-0.2, 0) is 6.54 Å². The van der Waals surface area contributed by atoms with Gasteiger partial charge in [0.25, 0.3) is 0 Å². The molecule has 0 fully saturated rings. The maximum atomic E-state index is 9.18. The van der Waals surface area contributed by atoms with E-state index in [-0.39, 0.29) is 0 Å². The molecule has 0 radical (unpaired) electrons. The fraction of sp³-hybridized carbons (Fsp3) is 0.125. The zero-order chi connectivity index (χ0) is 8.97. The Morgan fingerprint density at radius 3 is 2.75 bits per heavy atom. The van der Waals surface area contributed by atoms with Crippen LogP contribution in [0, 0.1) is 5.41 Å². The lowest BCUT2D eigenvalue weighted by Crippen LogP contribution is -2.17. The van der Waals surface area contributed by atoms with Gasteiger partial charge in [0.15, 0.2) is 0 Å². The monoisotopic (exact) mass is 165 g/mol. The van der Waals surface area contributed by atoms with Crippen molar-refractivity contribution in [1.82, 2.24) is 0 Å². The topological polar surface area (TPSA) is 73.3 Å². The number of hydrogen-bond donors (Lipinski definition) is 3. The zero-order valence-electron chi connectivity index (χ0n) is 6.57. The standard InChI is InChI=1S/C8H11N3O/c9-5-7-3-1-2-4-8(7)11(12)6-10/h1-4,6,10,12H,5,9H2. The van der Waals surface area contributed by atoms with Gasteiger partial charge in [0.2, 0.25) is 0 Å². The van der Waals surface area contributed by atoms with E-state index in [1.54, 1.807) is 12.1 Å². The number of hydrogen-bond acceptors (Lipinski definition) is 3. The quantitative estimate of drug-likeness (QED) is 0.354. The van der Waals surface area contributed by atoms with Crippen LogP contribution in [-0.4, -0.2) is 11.5 Å². The number of anilines is 1. The molecule has 0 saturated heterocycles. The first-order valence-corrected chi connectivity index (χ1v) is 3.56. The molecule has 0 aliphatic heterocycles. The van der Waals surface area contributed by atoms with Crippen LogP contribution in [0.1, 0.15) is 5.56 Å². The molecule has 0 aliphatic carbocycles. The van der Waals surface area contributed by atoms with Crippen molar-refractivity contribution in [2.24, 2.45) is 5.73 Å². The Morgan fingerprint density at radius 1 is 1.50 bits per heavy atom. The number of para-hydroxylation sites is 1. The first kappa shape index (κ1) is 8.70. The molecule has 0 saturated carbocycles. The predicted molar refractivity (Wildman–Crippen MR) is 47.4 cm³/mol. The second kappa shape index (κ2) is 3.85. The predicted octanol–water partition coefficient (Wildman–Crippen LogP) is 0.948. The number of nitrogens with two attached hydrogens (primary N) is 1. The Bertz CT molecular complexity index is 275. The third kappa shape index (κ3) is 1.61. The van der Waals surface area contributed by atoms with Gasteiger partial charge >= 0.3 is 0 Å². The van der Waals surface area contributed by atoms with Gasteiger partial charge in [0, 0.05) is 6.54 Å². The van der Waals surface area contributed by atoms with Crippen LogP contribution >= 0.6 is 0 Å². The van der Waals surface area contributed by atoms with Crippen LogP contribution in [0.25, 0.3) is 0 Å². The van der Waals surface area contributed by atoms with Gasteiger partial charge in [-0.15, -0.1) is 0 Å². The average molecular weight is 165 g/mol. The van der Waals surface area contributed by atoms with Crippen LogP contribution in [0.5, 0.6) is 0 Å². The van der Waals surface area contributed by atoms with Crippen LogP contribution in [0.15, 0.2) is 24.3 Å². The van der Waals surface area contributed by atoms with E-state index < -0.39 is 0 Å². The van der Waals surface area contributed by atoms with Gasteiger partial charge in [-0.25, -0.2) is 5.06 Å². The van der Waals surface area contributed by atoms with Crippen molar-refractivity contribution in [1.29, 1.82) is 5.41 Å². The lowest BCUT2D eigenvalue weighted by molar-refractivity contribution is 0.315. The van der Waals surface area contributed by atoms with Gasteiger partial charge < -0.3 is 5.73 Å².